The molecular formula is C50H47N3O9. The van der Waals surface area contributed by atoms with Gasteiger partial charge < -0.3 is 32.5 Å². The fourth-order valence-electron chi connectivity index (χ4n) is 6.87. The molecule has 0 aliphatic carbocycles. The zero-order valence-electron chi connectivity index (χ0n) is 34.5. The number of ether oxygens (including phenoxy) is 5. The molecular weight excluding hydrogens is 787 g/mol. The largest absolute Gasteiger partial charge is 0.494 e. The molecule has 0 aliphatic rings. The molecule has 0 amide bonds. The Kier molecular flexibility index (Phi) is 13.8. The van der Waals surface area contributed by atoms with Gasteiger partial charge in [-0.05, 0) is 105 Å². The zero-order valence-corrected chi connectivity index (χ0v) is 34.5. The number of rotatable bonds is 21. The minimum absolute atomic E-state index is 0.0563. The first-order valence-electron chi connectivity index (χ1n) is 20.7. The summed E-state index contributed by atoms with van der Waals surface area (Å²) in [6, 6.07) is 39.0. The number of para-hydroxylation sites is 1. The third-order valence-corrected chi connectivity index (χ3v) is 10.1. The second-order valence-corrected chi connectivity index (χ2v) is 14.7. The number of benzene rings is 5. The van der Waals surface area contributed by atoms with E-state index in [0.29, 0.717) is 91.0 Å². The predicted molar refractivity (Wildman–Crippen MR) is 237 cm³/mol. The smallest absolute Gasteiger partial charge is 0.235 e. The van der Waals surface area contributed by atoms with Gasteiger partial charge in [-0.1, -0.05) is 59.3 Å². The molecule has 3 aromatic heterocycles. The lowest BCUT2D eigenvalue weighted by molar-refractivity contribution is 0.0333. The fraction of sp³-hybridized carbons (Fsp3) is 0.240. The molecule has 0 unspecified atom stereocenters. The molecule has 0 saturated carbocycles. The molecule has 0 aliphatic heterocycles. The van der Waals surface area contributed by atoms with E-state index < -0.39 is 0 Å². The van der Waals surface area contributed by atoms with Crippen LogP contribution in [0.25, 0.3) is 44.6 Å². The van der Waals surface area contributed by atoms with Crippen LogP contribution in [0.3, 0.4) is 0 Å². The van der Waals surface area contributed by atoms with Crippen molar-refractivity contribution >= 4 is 21.9 Å². The molecule has 3 heterocycles. The average Bonchev–Trinajstić information content (AvgIpc) is 3.76. The Bertz CT molecular complexity index is 2820. The zero-order chi connectivity index (χ0) is 42.5. The van der Waals surface area contributed by atoms with Crippen LogP contribution in [0.5, 0.6) is 17.2 Å². The minimum Gasteiger partial charge on any atom is -0.494 e. The normalized spacial score (nSPS) is 11.3. The van der Waals surface area contributed by atoms with E-state index in [-0.39, 0.29) is 23.2 Å². The van der Waals surface area contributed by atoms with Crippen molar-refractivity contribution in [3.05, 3.63) is 171 Å². The van der Waals surface area contributed by atoms with Crippen LogP contribution < -0.4 is 25.1 Å². The first kappa shape index (κ1) is 41.7. The van der Waals surface area contributed by atoms with E-state index in [1.807, 2.05) is 122 Å². The molecule has 12 nitrogen and oxygen atoms in total. The molecule has 0 bridgehead atoms. The minimum atomic E-state index is -0.217. The van der Waals surface area contributed by atoms with Crippen LogP contribution in [-0.4, -0.2) is 54.6 Å². The van der Waals surface area contributed by atoms with Gasteiger partial charge in [0, 0.05) is 23.4 Å². The van der Waals surface area contributed by atoms with Gasteiger partial charge in [-0.15, -0.1) is 5.10 Å². The number of aryl methyl sites for hydroxylation is 2. The van der Waals surface area contributed by atoms with Crippen molar-refractivity contribution < 1.29 is 32.5 Å². The maximum absolute atomic E-state index is 13.5. The highest BCUT2D eigenvalue weighted by Crippen LogP contribution is 2.32. The SMILES string of the molecule is Cc1ccc2oc(-c3ccc(OCCCCc4cn(CCOCCOCCOc5ccc(-c6oc7ccccc7c(=O)c6OCc6ccccc6)cc5)nn4)cc3)cc(=O)c2c1. The molecule has 12 heteroatoms. The molecule has 0 saturated heterocycles. The number of nitrogens with zero attached hydrogens (tertiary/aromatic N) is 3. The highest BCUT2D eigenvalue weighted by Gasteiger charge is 2.18. The van der Waals surface area contributed by atoms with E-state index in [1.54, 1.807) is 16.8 Å². The lowest BCUT2D eigenvalue weighted by atomic mass is 10.1. The fourth-order valence-corrected chi connectivity index (χ4v) is 6.87. The van der Waals surface area contributed by atoms with Crippen molar-refractivity contribution in [3.63, 3.8) is 0 Å². The van der Waals surface area contributed by atoms with Gasteiger partial charge in [0.25, 0.3) is 0 Å². The summed E-state index contributed by atoms with van der Waals surface area (Å²) < 4.78 is 43.3. The van der Waals surface area contributed by atoms with Crippen LogP contribution in [0, 0.1) is 6.92 Å². The van der Waals surface area contributed by atoms with Gasteiger partial charge in [0.05, 0.1) is 56.0 Å². The third kappa shape index (κ3) is 10.8. The predicted octanol–water partition coefficient (Wildman–Crippen LogP) is 9.23. The van der Waals surface area contributed by atoms with Crippen molar-refractivity contribution in [2.75, 3.05) is 39.6 Å². The van der Waals surface area contributed by atoms with Gasteiger partial charge in [-0.2, -0.15) is 0 Å². The highest BCUT2D eigenvalue weighted by atomic mass is 16.5. The Morgan fingerprint density at radius 2 is 1.31 bits per heavy atom. The summed E-state index contributed by atoms with van der Waals surface area (Å²) in [5.74, 6) is 2.50. The summed E-state index contributed by atoms with van der Waals surface area (Å²) in [6.07, 6.45) is 4.54. The second-order valence-electron chi connectivity index (χ2n) is 14.7. The number of fused-ring (bicyclic) bond motifs is 2. The summed E-state index contributed by atoms with van der Waals surface area (Å²) in [7, 11) is 0. The van der Waals surface area contributed by atoms with Gasteiger partial charge in [0.1, 0.15) is 41.6 Å². The summed E-state index contributed by atoms with van der Waals surface area (Å²) in [6.45, 7) is 5.51. The Morgan fingerprint density at radius 1 is 0.613 bits per heavy atom. The van der Waals surface area contributed by atoms with Crippen molar-refractivity contribution in [2.24, 2.45) is 0 Å². The van der Waals surface area contributed by atoms with Gasteiger partial charge in [-0.3, -0.25) is 9.59 Å². The molecule has 0 atom stereocenters. The van der Waals surface area contributed by atoms with Crippen LogP contribution in [0.1, 0.15) is 29.7 Å². The van der Waals surface area contributed by atoms with Crippen LogP contribution in [0.2, 0.25) is 0 Å². The van der Waals surface area contributed by atoms with E-state index in [2.05, 4.69) is 10.3 Å². The van der Waals surface area contributed by atoms with E-state index >= 15 is 0 Å². The summed E-state index contributed by atoms with van der Waals surface area (Å²) >= 11 is 0. The Hall–Kier alpha value is -7.02. The first-order valence-corrected chi connectivity index (χ1v) is 20.7. The topological polar surface area (TPSA) is 137 Å². The Labute approximate surface area is 358 Å². The lowest BCUT2D eigenvalue weighted by Gasteiger charge is -2.12. The summed E-state index contributed by atoms with van der Waals surface area (Å²) in [5, 5.41) is 9.57. The Morgan fingerprint density at radius 3 is 2.11 bits per heavy atom. The van der Waals surface area contributed by atoms with E-state index in [4.69, 9.17) is 32.5 Å². The lowest BCUT2D eigenvalue weighted by Crippen LogP contribution is -2.13. The first-order chi connectivity index (χ1) is 30.5. The van der Waals surface area contributed by atoms with Crippen LogP contribution >= 0.6 is 0 Å². The van der Waals surface area contributed by atoms with E-state index in [9.17, 15) is 9.59 Å². The number of unbranched alkanes of at least 4 members (excludes halogenated alkanes) is 1. The summed E-state index contributed by atoms with van der Waals surface area (Å²) in [5.41, 5.74) is 5.21. The monoisotopic (exact) mass is 833 g/mol. The maximum atomic E-state index is 13.5. The van der Waals surface area contributed by atoms with Crippen LogP contribution in [-0.2, 0) is 29.0 Å². The molecule has 8 aromatic rings. The molecule has 5 aromatic carbocycles. The van der Waals surface area contributed by atoms with Gasteiger partial charge >= 0.3 is 0 Å². The summed E-state index contributed by atoms with van der Waals surface area (Å²) in [4.78, 5) is 26.1. The molecule has 0 N–H and O–H groups in total. The van der Waals surface area contributed by atoms with Gasteiger partial charge in [0.15, 0.2) is 11.2 Å². The number of aromatic nitrogens is 3. The van der Waals surface area contributed by atoms with Crippen molar-refractivity contribution in [1.29, 1.82) is 0 Å². The van der Waals surface area contributed by atoms with Gasteiger partial charge in [-0.25, -0.2) is 4.68 Å². The van der Waals surface area contributed by atoms with Crippen LogP contribution in [0.4, 0.5) is 0 Å². The molecule has 62 heavy (non-hydrogen) atoms. The average molecular weight is 834 g/mol. The maximum Gasteiger partial charge on any atom is 0.235 e. The van der Waals surface area contributed by atoms with Crippen molar-refractivity contribution in [2.45, 2.75) is 39.3 Å². The van der Waals surface area contributed by atoms with E-state index in [1.165, 1.54) is 6.07 Å². The quantitative estimate of drug-likeness (QED) is 0.0641. The standard InChI is InChI=1S/C50H47N3O9/c1-35-14-23-46-43(31-35)44(54)32-47(61-46)37-15-19-40(20-16-37)58-25-8-7-11-39-33-53(52-51-39)24-26-56-27-28-57-29-30-59-41-21-17-38(18-22-41)49-50(60-34-36-9-3-2-4-10-36)48(55)42-12-5-6-13-45(42)62-49/h2-6,9-10,12-23,31-33H,7-8,11,24-30,34H2,1H3. The Balaban J connectivity index is 0.688. The molecule has 0 radical (unpaired) electrons. The molecule has 316 valence electrons. The van der Waals surface area contributed by atoms with Gasteiger partial charge in [0.2, 0.25) is 11.2 Å². The number of hydrogen-bond donors (Lipinski definition) is 0. The molecule has 0 fully saturated rings. The van der Waals surface area contributed by atoms with E-state index in [0.717, 1.165) is 47.4 Å². The third-order valence-electron chi connectivity index (χ3n) is 10.1. The van der Waals surface area contributed by atoms with Crippen molar-refractivity contribution in [3.8, 4) is 39.9 Å². The van der Waals surface area contributed by atoms with Crippen molar-refractivity contribution in [1.82, 2.24) is 15.0 Å². The van der Waals surface area contributed by atoms with Crippen LogP contribution in [0.15, 0.2) is 152 Å². The molecule has 8 rings (SSSR count). The second kappa shape index (κ2) is 20.5. The molecule has 0 spiro atoms. The number of hydrogen-bond acceptors (Lipinski definition) is 11. The highest BCUT2D eigenvalue weighted by molar-refractivity contribution is 5.82.